The van der Waals surface area contributed by atoms with Gasteiger partial charge >= 0.3 is 0 Å². The molecule has 42 heavy (non-hydrogen) atoms. The van der Waals surface area contributed by atoms with Gasteiger partial charge in [0.2, 0.25) is 35.9 Å². The van der Waals surface area contributed by atoms with Gasteiger partial charge in [0.05, 0.1) is 19.5 Å². The van der Waals surface area contributed by atoms with Crippen LogP contribution in [-0.2, 0) is 33.6 Å². The lowest BCUT2D eigenvalue weighted by Crippen LogP contribution is -2.42. The SMILES string of the molecule is C=C1CC(C(C)C)C(=O)N1CCCCC(=O)NCC(=O)NCC(=O)NCCCC(=O)C(O)CC(=O)NO.CC.NC=O. The zero-order valence-electron chi connectivity index (χ0n) is 25.1. The lowest BCUT2D eigenvalue weighted by Gasteiger charge is -2.18. The van der Waals surface area contributed by atoms with Crippen LogP contribution in [-0.4, -0.2) is 89.2 Å². The number of allylic oxidation sites excluding steroid dienone is 1. The lowest BCUT2D eigenvalue weighted by atomic mass is 9.94. The Morgan fingerprint density at radius 1 is 0.976 bits per heavy atom. The van der Waals surface area contributed by atoms with E-state index in [1.165, 1.54) is 5.48 Å². The summed E-state index contributed by atoms with van der Waals surface area (Å²) >= 11 is 0. The van der Waals surface area contributed by atoms with E-state index in [2.05, 4.69) is 28.3 Å². The van der Waals surface area contributed by atoms with Crippen LogP contribution in [0.15, 0.2) is 12.3 Å². The molecular weight excluding hydrogens is 552 g/mol. The van der Waals surface area contributed by atoms with E-state index < -0.39 is 36.0 Å². The molecule has 1 aliphatic rings. The van der Waals surface area contributed by atoms with E-state index in [9.17, 15) is 33.9 Å². The summed E-state index contributed by atoms with van der Waals surface area (Å²) in [5.41, 5.74) is 6.30. The Balaban J connectivity index is 0. The van der Waals surface area contributed by atoms with Gasteiger partial charge in [-0.05, 0) is 31.6 Å². The first-order chi connectivity index (χ1) is 19.9. The Morgan fingerprint density at radius 3 is 2.05 bits per heavy atom. The van der Waals surface area contributed by atoms with E-state index in [0.29, 0.717) is 25.8 Å². The first-order valence-corrected chi connectivity index (χ1v) is 14.0. The number of Topliss-reactive ketones (excluding diaryl/α,β-unsaturated/α-hetero) is 1. The van der Waals surface area contributed by atoms with Crippen molar-refractivity contribution in [2.45, 2.75) is 78.7 Å². The summed E-state index contributed by atoms with van der Waals surface area (Å²) in [6.45, 7) is 12.0. The molecule has 1 fully saturated rings. The number of ketones is 1. The molecule has 0 aliphatic carbocycles. The Kier molecular flexibility index (Phi) is 22.8. The second-order valence-electron chi connectivity index (χ2n) is 9.43. The van der Waals surface area contributed by atoms with E-state index in [4.69, 9.17) is 10.0 Å². The molecule has 240 valence electrons. The van der Waals surface area contributed by atoms with Crippen LogP contribution >= 0.6 is 0 Å². The molecule has 0 aromatic heterocycles. The fourth-order valence-corrected chi connectivity index (χ4v) is 3.72. The molecule has 2 unspecified atom stereocenters. The highest BCUT2D eigenvalue weighted by molar-refractivity contribution is 5.89. The number of aliphatic hydroxyl groups is 1. The number of nitrogens with two attached hydrogens (primary N) is 1. The molecule has 1 heterocycles. The maximum absolute atomic E-state index is 12.4. The van der Waals surface area contributed by atoms with E-state index >= 15 is 0 Å². The Hall–Kier alpha value is -3.85. The maximum Gasteiger partial charge on any atom is 0.246 e. The summed E-state index contributed by atoms with van der Waals surface area (Å²) in [4.78, 5) is 80.8. The predicted octanol–water partition coefficient (Wildman–Crippen LogP) is -0.743. The molecule has 0 radical (unpaired) electrons. The molecule has 0 saturated carbocycles. The minimum absolute atomic E-state index is 0.0338. The standard InChI is InChI=1S/C24H39N5O8.C2H6.CH3NO/c1-15(2)17-11-16(3)29(24(17)36)10-5-4-8-20(32)26-14-23(35)27-13-22(34)25-9-6-7-18(30)19(31)12-21(33)28-37;1-2;2-1-3/h15,17,19,31,37H,3-14H2,1-2H3,(H,25,34)(H,26,32)(H,27,35)(H,28,33);1-2H3;1H,(H2,2,3). The van der Waals surface area contributed by atoms with E-state index in [0.717, 1.165) is 5.70 Å². The number of hydrogen-bond donors (Lipinski definition) is 7. The fraction of sp³-hybridized carbons (Fsp3) is 0.667. The van der Waals surface area contributed by atoms with Crippen LogP contribution in [0.5, 0.6) is 0 Å². The molecule has 1 saturated heterocycles. The van der Waals surface area contributed by atoms with Gasteiger partial charge in [0.25, 0.3) is 0 Å². The first kappa shape index (κ1) is 40.3. The van der Waals surface area contributed by atoms with Gasteiger partial charge in [-0.25, -0.2) is 5.48 Å². The minimum atomic E-state index is -1.54. The minimum Gasteiger partial charge on any atom is -0.385 e. The Labute approximate surface area is 247 Å². The summed E-state index contributed by atoms with van der Waals surface area (Å²) in [6, 6.07) is 0. The van der Waals surface area contributed by atoms with Gasteiger partial charge in [-0.2, -0.15) is 0 Å². The smallest absolute Gasteiger partial charge is 0.246 e. The molecule has 0 aromatic carbocycles. The van der Waals surface area contributed by atoms with E-state index in [1.54, 1.807) is 4.90 Å². The predicted molar refractivity (Wildman–Crippen MR) is 153 cm³/mol. The molecule has 15 heteroatoms. The highest BCUT2D eigenvalue weighted by Gasteiger charge is 2.35. The number of nitrogens with zero attached hydrogens (tertiary/aromatic N) is 1. The van der Waals surface area contributed by atoms with Crippen LogP contribution in [0.1, 0.15) is 72.6 Å². The quantitative estimate of drug-likeness (QED) is 0.0481. The van der Waals surface area contributed by atoms with Crippen LogP contribution in [0, 0.1) is 11.8 Å². The van der Waals surface area contributed by atoms with Crippen molar-refractivity contribution in [1.82, 2.24) is 26.3 Å². The maximum atomic E-state index is 12.4. The average molecular weight is 601 g/mol. The van der Waals surface area contributed by atoms with Crippen LogP contribution < -0.4 is 27.2 Å². The molecule has 6 amide bonds. The number of unbranched alkanes of at least 4 members (excludes halogenated alkanes) is 1. The van der Waals surface area contributed by atoms with Gasteiger partial charge in [0.15, 0.2) is 5.78 Å². The Morgan fingerprint density at radius 2 is 1.52 bits per heavy atom. The summed E-state index contributed by atoms with van der Waals surface area (Å²) in [5, 5.41) is 25.2. The van der Waals surface area contributed by atoms with Crippen molar-refractivity contribution >= 4 is 41.7 Å². The number of hydrogen-bond acceptors (Lipinski definition) is 9. The van der Waals surface area contributed by atoms with Crippen molar-refractivity contribution in [2.75, 3.05) is 26.2 Å². The number of hydroxylamine groups is 1. The molecule has 1 aliphatic heterocycles. The third-order valence-corrected chi connectivity index (χ3v) is 5.95. The molecule has 0 aromatic rings. The number of carbonyl (C=O) groups is 7. The molecule has 8 N–H and O–H groups in total. The molecule has 0 spiro atoms. The van der Waals surface area contributed by atoms with Crippen molar-refractivity contribution in [3.63, 3.8) is 0 Å². The average Bonchev–Trinajstić information content (AvgIpc) is 3.25. The summed E-state index contributed by atoms with van der Waals surface area (Å²) < 4.78 is 0. The zero-order chi connectivity index (χ0) is 32.7. The lowest BCUT2D eigenvalue weighted by molar-refractivity contribution is -0.137. The molecule has 2 atom stereocenters. The zero-order valence-corrected chi connectivity index (χ0v) is 25.1. The number of nitrogens with one attached hydrogen (secondary N) is 4. The number of amides is 6. The third kappa shape index (κ3) is 17.8. The summed E-state index contributed by atoms with van der Waals surface area (Å²) in [7, 11) is 0. The van der Waals surface area contributed by atoms with Crippen molar-refractivity contribution in [3.05, 3.63) is 12.3 Å². The van der Waals surface area contributed by atoms with E-state index in [1.807, 2.05) is 27.7 Å². The van der Waals surface area contributed by atoms with Crippen LogP contribution in [0.2, 0.25) is 0 Å². The molecular formula is C27H48N6O9. The second kappa shape index (κ2) is 23.8. The van der Waals surface area contributed by atoms with Gasteiger partial charge < -0.3 is 31.7 Å². The number of carbonyl (C=O) groups excluding carboxylic acids is 7. The largest absolute Gasteiger partial charge is 0.385 e. The van der Waals surface area contributed by atoms with Crippen LogP contribution in [0.25, 0.3) is 0 Å². The first-order valence-electron chi connectivity index (χ1n) is 14.0. The van der Waals surface area contributed by atoms with Crippen molar-refractivity contribution < 1.29 is 43.9 Å². The van der Waals surface area contributed by atoms with Gasteiger partial charge in [0.1, 0.15) is 6.10 Å². The summed E-state index contributed by atoms with van der Waals surface area (Å²) in [5.74, 6) is -2.53. The topological polar surface area (TPSA) is 237 Å². The number of rotatable bonds is 17. The molecule has 15 nitrogen and oxygen atoms in total. The van der Waals surface area contributed by atoms with Crippen LogP contribution in [0.3, 0.4) is 0 Å². The van der Waals surface area contributed by atoms with Crippen molar-refractivity contribution in [1.29, 1.82) is 0 Å². The fourth-order valence-electron chi connectivity index (χ4n) is 3.72. The highest BCUT2D eigenvalue weighted by atomic mass is 16.5. The van der Waals surface area contributed by atoms with Crippen molar-refractivity contribution in [2.24, 2.45) is 17.6 Å². The molecule has 0 bridgehead atoms. The highest BCUT2D eigenvalue weighted by Crippen LogP contribution is 2.32. The second-order valence-corrected chi connectivity index (χ2v) is 9.43. The van der Waals surface area contributed by atoms with Gasteiger partial charge in [-0.1, -0.05) is 34.3 Å². The third-order valence-electron chi connectivity index (χ3n) is 5.95. The monoisotopic (exact) mass is 600 g/mol. The van der Waals surface area contributed by atoms with Gasteiger partial charge in [-0.15, -0.1) is 0 Å². The molecule has 1 rings (SSSR count). The van der Waals surface area contributed by atoms with Gasteiger partial charge in [0, 0.05) is 37.5 Å². The van der Waals surface area contributed by atoms with Gasteiger partial charge in [-0.3, -0.25) is 38.8 Å². The van der Waals surface area contributed by atoms with Crippen LogP contribution in [0.4, 0.5) is 0 Å². The Bertz CT molecular complexity index is 911. The van der Waals surface area contributed by atoms with E-state index in [-0.39, 0.29) is 69.0 Å². The van der Waals surface area contributed by atoms with Crippen molar-refractivity contribution in [3.8, 4) is 0 Å². The number of primary amides is 1. The normalized spacial score (nSPS) is 14.5. The number of likely N-dealkylation sites (tertiary alicyclic amines) is 1. The summed E-state index contributed by atoms with van der Waals surface area (Å²) in [6.07, 6.45) is 0.341. The number of aliphatic hydroxyl groups excluding tert-OH is 1.